The number of pyridine rings is 1. The van der Waals surface area contributed by atoms with Gasteiger partial charge in [-0.3, -0.25) is 4.79 Å². The third-order valence-electron chi connectivity index (χ3n) is 2.43. The molecule has 1 heterocycles. The van der Waals surface area contributed by atoms with Crippen LogP contribution in [0.25, 0.3) is 0 Å². The molecule has 0 saturated carbocycles. The van der Waals surface area contributed by atoms with Crippen LogP contribution in [0, 0.1) is 5.92 Å². The molecule has 1 amide bonds. The molecule has 0 aromatic carbocycles. The molecule has 16 heavy (non-hydrogen) atoms. The van der Waals surface area contributed by atoms with Gasteiger partial charge in [-0.2, -0.15) is 0 Å². The quantitative estimate of drug-likeness (QED) is 0.811. The van der Waals surface area contributed by atoms with Gasteiger partial charge in [0.1, 0.15) is 5.82 Å². The van der Waals surface area contributed by atoms with Crippen molar-refractivity contribution in [1.29, 1.82) is 0 Å². The number of hydrogen-bond donors (Lipinski definition) is 2. The Balaban J connectivity index is 1.97. The number of aromatic nitrogens is 1. The molecule has 4 nitrogen and oxygen atoms in total. The molecule has 2 rings (SSSR count). The lowest BCUT2D eigenvalue weighted by molar-refractivity contribution is -0.118. The minimum Gasteiger partial charge on any atom is -0.324 e. The van der Waals surface area contributed by atoms with E-state index >= 15 is 0 Å². The predicted molar refractivity (Wildman–Crippen MR) is 65.8 cm³/mol. The summed E-state index contributed by atoms with van der Waals surface area (Å²) in [5.41, 5.74) is 5.69. The van der Waals surface area contributed by atoms with Crippen LogP contribution in [-0.2, 0) is 4.79 Å². The first kappa shape index (κ1) is 11.3. The van der Waals surface area contributed by atoms with E-state index in [1.165, 1.54) is 0 Å². The SMILES string of the molecule is NC1C=CC(C(=O)Nc2ccc(Br)cn2)C1. The number of rotatable bonds is 2. The minimum absolute atomic E-state index is 0.00590. The molecule has 1 aliphatic carbocycles. The molecule has 2 unspecified atom stereocenters. The van der Waals surface area contributed by atoms with Crippen LogP contribution in [0.2, 0.25) is 0 Å². The van der Waals surface area contributed by atoms with E-state index in [1.807, 2.05) is 18.2 Å². The molecular weight excluding hydrogens is 270 g/mol. The summed E-state index contributed by atoms with van der Waals surface area (Å²) in [7, 11) is 0. The van der Waals surface area contributed by atoms with Gasteiger partial charge in [0, 0.05) is 16.7 Å². The molecule has 0 bridgehead atoms. The largest absolute Gasteiger partial charge is 0.324 e. The van der Waals surface area contributed by atoms with Crippen molar-refractivity contribution in [1.82, 2.24) is 4.98 Å². The number of nitrogens with two attached hydrogens (primary N) is 1. The fourth-order valence-electron chi connectivity index (χ4n) is 1.59. The molecule has 3 N–H and O–H groups in total. The average molecular weight is 282 g/mol. The van der Waals surface area contributed by atoms with E-state index < -0.39 is 0 Å². The van der Waals surface area contributed by atoms with E-state index in [-0.39, 0.29) is 17.9 Å². The number of carbonyl (C=O) groups is 1. The highest BCUT2D eigenvalue weighted by Gasteiger charge is 2.22. The highest BCUT2D eigenvalue weighted by molar-refractivity contribution is 9.10. The summed E-state index contributed by atoms with van der Waals surface area (Å²) in [5.74, 6) is 0.363. The Labute approximate surface area is 102 Å². The summed E-state index contributed by atoms with van der Waals surface area (Å²) in [6.07, 6.45) is 6.02. The summed E-state index contributed by atoms with van der Waals surface area (Å²) in [4.78, 5) is 15.9. The van der Waals surface area contributed by atoms with E-state index in [1.54, 1.807) is 12.3 Å². The molecule has 1 aromatic rings. The van der Waals surface area contributed by atoms with Crippen molar-refractivity contribution >= 4 is 27.7 Å². The zero-order chi connectivity index (χ0) is 11.5. The summed E-state index contributed by atoms with van der Waals surface area (Å²) < 4.78 is 0.883. The van der Waals surface area contributed by atoms with Gasteiger partial charge in [-0.1, -0.05) is 12.2 Å². The predicted octanol–water partition coefficient (Wildman–Crippen LogP) is 1.69. The molecule has 1 aliphatic rings. The second-order valence-corrected chi connectivity index (χ2v) is 4.66. The van der Waals surface area contributed by atoms with Crippen LogP contribution in [0.4, 0.5) is 5.82 Å². The molecule has 0 aliphatic heterocycles. The molecular formula is C11H12BrN3O. The van der Waals surface area contributed by atoms with Crippen LogP contribution in [-0.4, -0.2) is 16.9 Å². The van der Waals surface area contributed by atoms with Gasteiger partial charge in [-0.25, -0.2) is 4.98 Å². The maximum absolute atomic E-state index is 11.8. The van der Waals surface area contributed by atoms with Crippen LogP contribution >= 0.6 is 15.9 Å². The first-order valence-corrected chi connectivity index (χ1v) is 5.81. The molecule has 0 radical (unpaired) electrons. The fraction of sp³-hybridized carbons (Fsp3) is 0.273. The summed E-state index contributed by atoms with van der Waals surface area (Å²) >= 11 is 3.28. The number of halogens is 1. The van der Waals surface area contributed by atoms with Crippen LogP contribution < -0.4 is 11.1 Å². The second-order valence-electron chi connectivity index (χ2n) is 3.74. The number of carbonyl (C=O) groups excluding carboxylic acids is 1. The van der Waals surface area contributed by atoms with Crippen molar-refractivity contribution in [2.75, 3.05) is 5.32 Å². The standard InChI is InChI=1S/C11H12BrN3O/c12-8-2-4-10(14-6-8)15-11(16)7-1-3-9(13)5-7/h1-4,6-7,9H,5,13H2,(H,14,15,16). The van der Waals surface area contributed by atoms with Crippen molar-refractivity contribution in [3.63, 3.8) is 0 Å². The first-order valence-electron chi connectivity index (χ1n) is 5.01. The lowest BCUT2D eigenvalue weighted by atomic mass is 10.1. The van der Waals surface area contributed by atoms with Gasteiger partial charge in [-0.05, 0) is 34.5 Å². The van der Waals surface area contributed by atoms with Gasteiger partial charge in [0.05, 0.1) is 5.92 Å². The Morgan fingerprint density at radius 1 is 1.50 bits per heavy atom. The van der Waals surface area contributed by atoms with E-state index in [4.69, 9.17) is 5.73 Å². The van der Waals surface area contributed by atoms with Crippen LogP contribution in [0.15, 0.2) is 35.0 Å². The Kier molecular flexibility index (Phi) is 3.36. The van der Waals surface area contributed by atoms with Crippen LogP contribution in [0.3, 0.4) is 0 Å². The zero-order valence-electron chi connectivity index (χ0n) is 8.56. The molecule has 84 valence electrons. The first-order chi connectivity index (χ1) is 7.65. The lowest BCUT2D eigenvalue weighted by Crippen LogP contribution is -2.24. The monoisotopic (exact) mass is 281 g/mol. The van der Waals surface area contributed by atoms with E-state index in [2.05, 4.69) is 26.2 Å². The zero-order valence-corrected chi connectivity index (χ0v) is 10.1. The van der Waals surface area contributed by atoms with Gasteiger partial charge >= 0.3 is 0 Å². The number of nitrogens with one attached hydrogen (secondary N) is 1. The maximum atomic E-state index is 11.8. The molecule has 2 atom stereocenters. The smallest absolute Gasteiger partial charge is 0.232 e. The van der Waals surface area contributed by atoms with Gasteiger partial charge in [-0.15, -0.1) is 0 Å². The number of nitrogens with zero attached hydrogens (tertiary/aromatic N) is 1. The summed E-state index contributed by atoms with van der Waals surface area (Å²) in [6.45, 7) is 0. The minimum atomic E-state index is -0.138. The number of amides is 1. The van der Waals surface area contributed by atoms with Crippen molar-refractivity contribution in [2.24, 2.45) is 11.7 Å². The van der Waals surface area contributed by atoms with Crippen molar-refractivity contribution in [3.05, 3.63) is 35.0 Å². The van der Waals surface area contributed by atoms with E-state index in [0.29, 0.717) is 12.2 Å². The molecule has 0 fully saturated rings. The maximum Gasteiger partial charge on any atom is 0.232 e. The van der Waals surface area contributed by atoms with Gasteiger partial charge in [0.2, 0.25) is 5.91 Å². The molecule has 0 spiro atoms. The van der Waals surface area contributed by atoms with Crippen molar-refractivity contribution in [3.8, 4) is 0 Å². The van der Waals surface area contributed by atoms with Crippen molar-refractivity contribution < 1.29 is 4.79 Å². The normalized spacial score (nSPS) is 23.4. The number of hydrogen-bond acceptors (Lipinski definition) is 3. The third kappa shape index (κ3) is 2.68. The fourth-order valence-corrected chi connectivity index (χ4v) is 1.82. The third-order valence-corrected chi connectivity index (χ3v) is 2.90. The highest BCUT2D eigenvalue weighted by atomic mass is 79.9. The Bertz CT molecular complexity index is 416. The average Bonchev–Trinajstić information content (AvgIpc) is 2.68. The van der Waals surface area contributed by atoms with E-state index in [9.17, 15) is 4.79 Å². The summed E-state index contributed by atoms with van der Waals surface area (Å²) in [6, 6.07) is 3.58. The van der Waals surface area contributed by atoms with Gasteiger partial charge in [0.15, 0.2) is 0 Å². The van der Waals surface area contributed by atoms with Crippen molar-refractivity contribution in [2.45, 2.75) is 12.5 Å². The summed E-state index contributed by atoms with van der Waals surface area (Å²) in [5, 5.41) is 2.75. The lowest BCUT2D eigenvalue weighted by Gasteiger charge is -2.09. The molecule has 1 aromatic heterocycles. The second kappa shape index (κ2) is 4.76. The van der Waals surface area contributed by atoms with Gasteiger partial charge < -0.3 is 11.1 Å². The Morgan fingerprint density at radius 2 is 2.31 bits per heavy atom. The van der Waals surface area contributed by atoms with Gasteiger partial charge in [0.25, 0.3) is 0 Å². The molecule has 0 saturated heterocycles. The molecule has 5 heteroatoms. The number of anilines is 1. The highest BCUT2D eigenvalue weighted by Crippen LogP contribution is 2.18. The topological polar surface area (TPSA) is 68.0 Å². The van der Waals surface area contributed by atoms with Crippen LogP contribution in [0.1, 0.15) is 6.42 Å². The Hall–Kier alpha value is -1.20. The van der Waals surface area contributed by atoms with Crippen LogP contribution in [0.5, 0.6) is 0 Å². The Morgan fingerprint density at radius 3 is 2.88 bits per heavy atom. The van der Waals surface area contributed by atoms with E-state index in [0.717, 1.165) is 4.47 Å².